The van der Waals surface area contributed by atoms with E-state index in [0.717, 1.165) is 24.1 Å². The highest BCUT2D eigenvalue weighted by Gasteiger charge is 2.37. The molecule has 2 unspecified atom stereocenters. The largest absolute Gasteiger partial charge is 0.348 e. The number of carbonyl (C=O) groups is 1. The first-order chi connectivity index (χ1) is 15.0. The molecule has 162 valence electrons. The van der Waals surface area contributed by atoms with Gasteiger partial charge in [0.15, 0.2) is 0 Å². The third kappa shape index (κ3) is 4.55. The maximum Gasteiger partial charge on any atom is 0.243 e. The molecule has 1 saturated heterocycles. The van der Waals surface area contributed by atoms with E-state index in [0.29, 0.717) is 13.0 Å². The fraction of sp³-hybridized carbons (Fsp3) is 0.304. The predicted octanol–water partition coefficient (Wildman–Crippen LogP) is 3.29. The lowest BCUT2D eigenvalue weighted by molar-refractivity contribution is -0.126. The van der Waals surface area contributed by atoms with Crippen LogP contribution in [0.4, 0.5) is 0 Å². The second-order valence-electron chi connectivity index (χ2n) is 7.73. The summed E-state index contributed by atoms with van der Waals surface area (Å²) in [5.41, 5.74) is 1.93. The van der Waals surface area contributed by atoms with E-state index in [9.17, 15) is 13.2 Å². The second kappa shape index (κ2) is 9.03. The molecule has 1 N–H and O–H groups in total. The molecule has 0 radical (unpaired) electrons. The molecule has 7 nitrogen and oxygen atoms in total. The van der Waals surface area contributed by atoms with Crippen LogP contribution in [0.25, 0.3) is 5.69 Å². The molecule has 0 spiro atoms. The molecule has 31 heavy (non-hydrogen) atoms. The van der Waals surface area contributed by atoms with Crippen LogP contribution in [-0.4, -0.2) is 40.8 Å². The van der Waals surface area contributed by atoms with E-state index in [1.807, 2.05) is 42.0 Å². The highest BCUT2D eigenvalue weighted by molar-refractivity contribution is 7.89. The molecule has 2 aromatic carbocycles. The average molecular weight is 439 g/mol. The van der Waals surface area contributed by atoms with Gasteiger partial charge < -0.3 is 9.88 Å². The monoisotopic (exact) mass is 438 g/mol. The molecule has 4 rings (SSSR count). The Bertz CT molecular complexity index is 1110. The van der Waals surface area contributed by atoms with Crippen molar-refractivity contribution >= 4 is 15.9 Å². The molecule has 3 aromatic rings. The first-order valence-corrected chi connectivity index (χ1v) is 11.9. The van der Waals surface area contributed by atoms with Gasteiger partial charge in [0.05, 0.1) is 17.3 Å². The van der Waals surface area contributed by atoms with Crippen molar-refractivity contribution in [3.8, 4) is 5.69 Å². The molecule has 8 heteroatoms. The minimum absolute atomic E-state index is 0.220. The molecule has 1 aromatic heterocycles. The normalized spacial score (nSPS) is 18.4. The summed E-state index contributed by atoms with van der Waals surface area (Å²) in [6.45, 7) is 2.26. The summed E-state index contributed by atoms with van der Waals surface area (Å²) in [5, 5.41) is 3.01. The first kappa shape index (κ1) is 21.3. The van der Waals surface area contributed by atoms with Crippen molar-refractivity contribution in [1.82, 2.24) is 19.2 Å². The number of benzene rings is 2. The Kier molecular flexibility index (Phi) is 6.20. The summed E-state index contributed by atoms with van der Waals surface area (Å²) >= 11 is 0. The minimum atomic E-state index is -3.72. The van der Waals surface area contributed by atoms with Crippen LogP contribution < -0.4 is 5.32 Å². The second-order valence-corrected chi connectivity index (χ2v) is 9.62. The Morgan fingerprint density at radius 1 is 1.10 bits per heavy atom. The molecule has 0 aliphatic carbocycles. The van der Waals surface area contributed by atoms with Crippen molar-refractivity contribution < 1.29 is 13.2 Å². The van der Waals surface area contributed by atoms with Crippen LogP contribution in [0.3, 0.4) is 0 Å². The lowest BCUT2D eigenvalue weighted by Gasteiger charge is -2.34. The van der Waals surface area contributed by atoms with Gasteiger partial charge in [0.1, 0.15) is 6.04 Å². The third-order valence-corrected chi connectivity index (χ3v) is 7.58. The van der Waals surface area contributed by atoms with Gasteiger partial charge in [-0.1, -0.05) is 36.8 Å². The average Bonchev–Trinajstić information content (AvgIpc) is 3.35. The van der Waals surface area contributed by atoms with Gasteiger partial charge in [0.2, 0.25) is 15.9 Å². The Morgan fingerprint density at radius 3 is 2.52 bits per heavy atom. The number of rotatable bonds is 6. The van der Waals surface area contributed by atoms with Crippen LogP contribution in [0, 0.1) is 0 Å². The van der Waals surface area contributed by atoms with Crippen LogP contribution in [0.15, 0.2) is 78.2 Å². The number of sulfonamides is 1. The van der Waals surface area contributed by atoms with E-state index in [1.165, 1.54) is 4.31 Å². The van der Waals surface area contributed by atoms with Gasteiger partial charge in [-0.15, -0.1) is 0 Å². The van der Waals surface area contributed by atoms with Gasteiger partial charge in [-0.2, -0.15) is 4.31 Å². The molecule has 0 saturated carbocycles. The predicted molar refractivity (Wildman–Crippen MR) is 118 cm³/mol. The number of hydrogen-bond acceptors (Lipinski definition) is 4. The van der Waals surface area contributed by atoms with Gasteiger partial charge in [-0.3, -0.25) is 4.79 Å². The third-order valence-electron chi connectivity index (χ3n) is 5.66. The maximum atomic E-state index is 13.1. The van der Waals surface area contributed by atoms with E-state index >= 15 is 0 Å². The lowest BCUT2D eigenvalue weighted by Crippen LogP contribution is -2.52. The number of nitrogens with zero attached hydrogens (tertiary/aromatic N) is 3. The number of nitrogens with one attached hydrogen (secondary N) is 1. The number of piperidine rings is 1. The number of imidazole rings is 1. The summed E-state index contributed by atoms with van der Waals surface area (Å²) in [7, 11) is -3.72. The zero-order valence-electron chi connectivity index (χ0n) is 17.4. The van der Waals surface area contributed by atoms with E-state index in [-0.39, 0.29) is 16.8 Å². The fourth-order valence-corrected chi connectivity index (χ4v) is 5.60. The van der Waals surface area contributed by atoms with Crippen molar-refractivity contribution in [1.29, 1.82) is 0 Å². The zero-order chi connectivity index (χ0) is 21.8. The van der Waals surface area contributed by atoms with Gasteiger partial charge in [-0.05, 0) is 49.6 Å². The minimum Gasteiger partial charge on any atom is -0.348 e. The van der Waals surface area contributed by atoms with Gasteiger partial charge >= 0.3 is 0 Å². The quantitative estimate of drug-likeness (QED) is 0.640. The van der Waals surface area contributed by atoms with Crippen LogP contribution >= 0.6 is 0 Å². The van der Waals surface area contributed by atoms with Crippen LogP contribution in [0.1, 0.15) is 37.8 Å². The van der Waals surface area contributed by atoms with Gasteiger partial charge in [0.25, 0.3) is 0 Å². The topological polar surface area (TPSA) is 84.3 Å². The Balaban J connectivity index is 1.48. The molecule has 0 bridgehead atoms. The Labute approximate surface area is 182 Å². The number of aromatic nitrogens is 2. The standard InChI is InChI=1S/C23H26N4O3S/c1-18(19-10-12-20(13-11-19)26-16-14-24-17-26)25-23(28)22-9-5-6-15-27(22)31(29,30)21-7-3-2-4-8-21/h2-4,7-8,10-14,16-18,22H,5-6,9,15H2,1H3,(H,25,28). The van der Waals surface area contributed by atoms with Crippen molar-refractivity contribution in [2.45, 2.75) is 43.2 Å². The summed E-state index contributed by atoms with van der Waals surface area (Å²) in [6, 6.07) is 15.2. The highest BCUT2D eigenvalue weighted by Crippen LogP contribution is 2.26. The Hall–Kier alpha value is -2.97. The van der Waals surface area contributed by atoms with Gasteiger partial charge in [0, 0.05) is 24.6 Å². The fourth-order valence-electron chi connectivity index (χ4n) is 3.92. The summed E-state index contributed by atoms with van der Waals surface area (Å²) in [6.07, 6.45) is 7.41. The van der Waals surface area contributed by atoms with Crippen molar-refractivity contribution in [3.05, 3.63) is 78.9 Å². The molecule has 1 aliphatic rings. The van der Waals surface area contributed by atoms with Gasteiger partial charge in [-0.25, -0.2) is 13.4 Å². The smallest absolute Gasteiger partial charge is 0.243 e. The number of amides is 1. The van der Waals surface area contributed by atoms with Crippen molar-refractivity contribution in [3.63, 3.8) is 0 Å². The lowest BCUT2D eigenvalue weighted by atomic mass is 10.0. The SMILES string of the molecule is CC(NC(=O)C1CCCCN1S(=O)(=O)c1ccccc1)c1ccc(-n2ccnc2)cc1. The molecular weight excluding hydrogens is 412 g/mol. The molecular formula is C23H26N4O3S. The Morgan fingerprint density at radius 2 is 1.84 bits per heavy atom. The zero-order valence-corrected chi connectivity index (χ0v) is 18.2. The molecule has 1 amide bonds. The molecule has 1 aliphatic heterocycles. The summed E-state index contributed by atoms with van der Waals surface area (Å²) in [5.74, 6) is -0.259. The van der Waals surface area contributed by atoms with Crippen LogP contribution in [-0.2, 0) is 14.8 Å². The summed E-state index contributed by atoms with van der Waals surface area (Å²) < 4.78 is 29.6. The van der Waals surface area contributed by atoms with Crippen molar-refractivity contribution in [2.75, 3.05) is 6.54 Å². The van der Waals surface area contributed by atoms with Crippen LogP contribution in [0.2, 0.25) is 0 Å². The molecule has 2 heterocycles. The maximum absolute atomic E-state index is 13.1. The molecule has 2 atom stereocenters. The first-order valence-electron chi connectivity index (χ1n) is 10.4. The van der Waals surface area contributed by atoms with E-state index in [2.05, 4.69) is 10.3 Å². The van der Waals surface area contributed by atoms with Crippen molar-refractivity contribution in [2.24, 2.45) is 0 Å². The molecule has 1 fully saturated rings. The summed E-state index contributed by atoms with van der Waals surface area (Å²) in [4.78, 5) is 17.4. The van der Waals surface area contributed by atoms with Crippen LogP contribution in [0.5, 0.6) is 0 Å². The highest BCUT2D eigenvalue weighted by atomic mass is 32.2. The van der Waals surface area contributed by atoms with E-state index in [1.54, 1.807) is 42.9 Å². The van der Waals surface area contributed by atoms with E-state index in [4.69, 9.17) is 0 Å². The number of carbonyl (C=O) groups excluding carboxylic acids is 1. The number of hydrogen-bond donors (Lipinski definition) is 1. The van der Waals surface area contributed by atoms with E-state index < -0.39 is 16.1 Å².